The van der Waals surface area contributed by atoms with Crippen LogP contribution in [0.5, 0.6) is 0 Å². The van der Waals surface area contributed by atoms with Crippen molar-refractivity contribution in [2.24, 2.45) is 0 Å². The van der Waals surface area contributed by atoms with Crippen molar-refractivity contribution in [3.05, 3.63) is 0 Å². The second-order valence-corrected chi connectivity index (χ2v) is 1.80. The van der Waals surface area contributed by atoms with E-state index in [1.165, 1.54) is 0 Å². The van der Waals surface area contributed by atoms with Gasteiger partial charge in [-0.25, -0.2) is 0 Å². The Balaban J connectivity index is 0. The summed E-state index contributed by atoms with van der Waals surface area (Å²) in [4.78, 5) is 29.3. The molecule has 0 bridgehead atoms. The number of hydrogen-bond donors (Lipinski definition) is 4. The summed E-state index contributed by atoms with van der Waals surface area (Å²) in [7, 11) is -4.61. The van der Waals surface area contributed by atoms with Crippen molar-refractivity contribution in [2.75, 3.05) is 0 Å². The van der Waals surface area contributed by atoms with E-state index in [0.29, 0.717) is 0 Å². The van der Waals surface area contributed by atoms with Crippen molar-refractivity contribution in [3.63, 3.8) is 0 Å². The molecule has 37 valence electrons. The maximum Gasteiger partial charge on any atom is 0.668 e. The van der Waals surface area contributed by atoms with E-state index in [2.05, 4.69) is 0 Å². The monoisotopic (exact) mass is 305 g/mol. The molecule has 0 atom stereocenters. The first kappa shape index (κ1) is 10.0. The summed E-state index contributed by atoms with van der Waals surface area (Å²) in [6.07, 6.45) is 0. The van der Waals surface area contributed by atoms with E-state index < -0.39 is 9.05 Å². The van der Waals surface area contributed by atoms with Gasteiger partial charge in [0.1, 0.15) is 0 Å². The Morgan fingerprint density at radius 2 is 0.833 bits per heavy atom. The smallest absolute Gasteiger partial charge is 0.368 e. The van der Waals surface area contributed by atoms with Gasteiger partial charge in [-0.05, 0) is 0 Å². The molecule has 0 unspecified atom stereocenters. The van der Waals surface area contributed by atoms with Gasteiger partial charge in [-0.2, -0.15) is 0 Å². The normalized spacial score (nSPS) is 10.0. The van der Waals surface area contributed by atoms with Crippen molar-refractivity contribution in [2.45, 2.75) is 0 Å². The Hall–Kier alpha value is 0.940. The van der Waals surface area contributed by atoms with Crippen LogP contribution in [0.2, 0.25) is 0 Å². The molecule has 0 aliphatic carbocycles. The first-order valence-corrected chi connectivity index (χ1v) is 2.68. The van der Waals surface area contributed by atoms with Crippen molar-refractivity contribution >= 4 is 35.3 Å². The maximum atomic E-state index is 7.33. The van der Waals surface area contributed by atoms with Crippen molar-refractivity contribution < 1.29 is 19.2 Å². The fraction of sp³-hybridized carbons (Fsp3) is 0. The third-order valence-corrected chi connectivity index (χ3v) is 0. The molecule has 4 N–H and O–H groups in total. The molecule has 0 aliphatic heterocycles. The summed E-state index contributed by atoms with van der Waals surface area (Å²) in [6, 6.07) is 0. The van der Waals surface area contributed by atoms with Gasteiger partial charge in [-0.3, -0.25) is 0 Å². The van der Waals surface area contributed by atoms with Gasteiger partial charge in [0.2, 0.25) is 0 Å². The molecule has 0 heterocycles. The minimum absolute atomic E-state index is 0. The molecular weight excluding hydrogens is 301 g/mol. The molecule has 0 saturated carbocycles. The molecule has 0 fully saturated rings. The van der Waals surface area contributed by atoms with E-state index in [-0.39, 0.29) is 26.2 Å². The van der Waals surface area contributed by atoms with E-state index >= 15 is 0 Å². The van der Waals surface area contributed by atoms with Crippen molar-refractivity contribution in [1.82, 2.24) is 0 Å². The molecule has 6 heavy (non-hydrogen) atoms. The molecule has 0 aromatic heterocycles. The fourth-order valence-corrected chi connectivity index (χ4v) is 0. The van der Waals surface area contributed by atoms with Gasteiger partial charge in [0.15, 0.2) is 0 Å². The van der Waals surface area contributed by atoms with Crippen LogP contribution in [0.15, 0.2) is 0 Å². The predicted octanol–water partition coefficient (Wildman–Crippen LogP) is -2.99. The summed E-state index contributed by atoms with van der Waals surface area (Å²) in [6.45, 7) is 0. The summed E-state index contributed by atoms with van der Waals surface area (Å²) in [5.74, 6) is 0. The van der Waals surface area contributed by atoms with Crippen LogP contribution in [0.1, 0.15) is 0 Å². The number of hydrogen-bond acceptors (Lipinski definition) is 4. The first-order chi connectivity index (χ1) is 2.00. The molecule has 0 aliphatic rings. The van der Waals surface area contributed by atoms with Gasteiger partial charge in [0.05, 0.1) is 0 Å². The largest absolute Gasteiger partial charge is 0.668 e. The fourth-order valence-electron chi connectivity index (χ4n) is 0. The standard InChI is InChI=1S/Bi.H4O4Si/c;1-5(2,3)4/h;1-4H. The van der Waals surface area contributed by atoms with Crippen LogP contribution in [0, 0.1) is 0 Å². The summed E-state index contributed by atoms with van der Waals surface area (Å²) in [5.41, 5.74) is 0. The first-order valence-electron chi connectivity index (χ1n) is 0.894. The third-order valence-electron chi connectivity index (χ3n) is 0. The molecule has 0 saturated heterocycles. The Morgan fingerprint density at radius 1 is 0.833 bits per heavy atom. The van der Waals surface area contributed by atoms with Crippen LogP contribution < -0.4 is 0 Å². The average molecular weight is 305 g/mol. The van der Waals surface area contributed by atoms with Gasteiger partial charge >= 0.3 is 9.05 Å². The zero-order chi connectivity index (χ0) is 4.50. The van der Waals surface area contributed by atoms with E-state index in [0.717, 1.165) is 0 Å². The molecule has 3 radical (unpaired) electrons. The quantitative estimate of drug-likeness (QED) is 0.360. The van der Waals surface area contributed by atoms with Gasteiger partial charge < -0.3 is 19.2 Å². The Kier molecular flexibility index (Phi) is 5.03. The molecule has 0 rings (SSSR count). The van der Waals surface area contributed by atoms with Gasteiger partial charge in [-0.15, -0.1) is 0 Å². The van der Waals surface area contributed by atoms with Gasteiger partial charge in [-0.1, -0.05) is 0 Å². The number of rotatable bonds is 0. The minimum Gasteiger partial charge on any atom is -0.368 e. The Bertz CT molecular complexity index is 23.0. The van der Waals surface area contributed by atoms with Gasteiger partial charge in [0, 0.05) is 26.2 Å². The average Bonchev–Trinajstić information content (AvgIpc) is 0.722. The maximum absolute atomic E-state index is 7.33. The molecule has 0 aromatic rings. The van der Waals surface area contributed by atoms with Crippen LogP contribution in [0.3, 0.4) is 0 Å². The third kappa shape index (κ3) is 86.8. The van der Waals surface area contributed by atoms with E-state index in [9.17, 15) is 0 Å². The van der Waals surface area contributed by atoms with E-state index in [1.807, 2.05) is 0 Å². The molecule has 0 aromatic carbocycles. The Morgan fingerprint density at radius 3 is 0.833 bits per heavy atom. The van der Waals surface area contributed by atoms with Crippen molar-refractivity contribution in [1.29, 1.82) is 0 Å². The second-order valence-electron chi connectivity index (χ2n) is 0.600. The van der Waals surface area contributed by atoms with Gasteiger partial charge in [0.25, 0.3) is 0 Å². The topological polar surface area (TPSA) is 80.9 Å². The molecule has 6 heteroatoms. The van der Waals surface area contributed by atoms with Crippen LogP contribution in [0.4, 0.5) is 0 Å². The van der Waals surface area contributed by atoms with Crippen molar-refractivity contribution in [3.8, 4) is 0 Å². The van der Waals surface area contributed by atoms with E-state index in [1.54, 1.807) is 0 Å². The molecule has 0 spiro atoms. The van der Waals surface area contributed by atoms with Crippen LogP contribution in [-0.2, 0) is 0 Å². The van der Waals surface area contributed by atoms with Crippen LogP contribution in [-0.4, -0.2) is 54.4 Å². The predicted molar refractivity (Wildman–Crippen MR) is 20.4 cm³/mol. The zero-order valence-electron chi connectivity index (χ0n) is 2.74. The second kappa shape index (κ2) is 3.01. The summed E-state index contributed by atoms with van der Waals surface area (Å²) in [5, 5.41) is 0. The molecular formula is H4BiO4Si. The summed E-state index contributed by atoms with van der Waals surface area (Å²) >= 11 is 0. The van der Waals surface area contributed by atoms with Crippen LogP contribution in [0.25, 0.3) is 0 Å². The zero-order valence-corrected chi connectivity index (χ0v) is 7.21. The minimum atomic E-state index is -4.61. The Labute approximate surface area is 54.7 Å². The SMILES string of the molecule is O[Si](O)(O)O.[Bi]. The summed E-state index contributed by atoms with van der Waals surface area (Å²) < 4.78 is 0. The van der Waals surface area contributed by atoms with Crippen LogP contribution >= 0.6 is 0 Å². The van der Waals surface area contributed by atoms with E-state index in [4.69, 9.17) is 19.2 Å². The molecule has 0 amide bonds. The molecule has 4 nitrogen and oxygen atoms in total.